The molecule has 7 aliphatic rings. The quantitative estimate of drug-likeness (QED) is 0.0228. The summed E-state index contributed by atoms with van der Waals surface area (Å²) in [6.45, 7) is 13.5. The van der Waals surface area contributed by atoms with Gasteiger partial charge >= 0.3 is 5.97 Å². The number of imide groups is 2. The number of aliphatic imine (C=N–C) groups is 1. The van der Waals surface area contributed by atoms with E-state index < -0.39 is 35.6 Å². The summed E-state index contributed by atoms with van der Waals surface area (Å²) in [5.74, 6) is -0.880. The molecule has 5 N–H and O–H groups in total. The number of thiazole rings is 1. The molecule has 4 aliphatic carbocycles. The number of nitrogens with two attached hydrogens (primary N) is 1. The molecule has 19 nitrogen and oxygen atoms in total. The topological polar surface area (TPSA) is 248 Å². The molecule has 5 fully saturated rings. The number of likely N-dealkylation sites (N-methyl/N-ethyl adjacent to an activating group) is 1. The van der Waals surface area contributed by atoms with Crippen LogP contribution in [0.2, 0.25) is 0 Å². The number of hydrogen-bond donors (Lipinski definition) is 4. The average molecular weight is 1170 g/mol. The Kier molecular flexibility index (Phi) is 15.7. The fourth-order valence-electron chi connectivity index (χ4n) is 17.0. The second-order valence-electron chi connectivity index (χ2n) is 25.9. The molecule has 2 bridgehead atoms. The summed E-state index contributed by atoms with van der Waals surface area (Å²) >= 11 is 1.56. The van der Waals surface area contributed by atoms with Crippen molar-refractivity contribution in [2.45, 2.75) is 155 Å². The average Bonchev–Trinajstić information content (AvgIpc) is 1.48. The van der Waals surface area contributed by atoms with Gasteiger partial charge in [0, 0.05) is 65.6 Å². The van der Waals surface area contributed by atoms with Crippen LogP contribution in [0, 0.1) is 28.6 Å². The van der Waals surface area contributed by atoms with Gasteiger partial charge < -0.3 is 35.4 Å². The Balaban J connectivity index is 0.565. The molecule has 12 rings (SSSR count). The molecule has 2 aromatic carbocycles. The number of ether oxygens (including phenoxy) is 2. The number of rotatable bonds is 26. The van der Waals surface area contributed by atoms with Gasteiger partial charge in [-0.1, -0.05) is 82.3 Å². The minimum atomic E-state index is -1.14. The zero-order valence-electron chi connectivity index (χ0n) is 49.7. The summed E-state index contributed by atoms with van der Waals surface area (Å²) < 4.78 is 14.1. The number of para-hydroxylation sites is 1. The van der Waals surface area contributed by atoms with Crippen molar-refractivity contribution in [2.75, 3.05) is 56.7 Å². The normalized spacial score (nSPS) is 26.6. The number of fused-ring (bicyclic) bond motifs is 4. The van der Waals surface area contributed by atoms with E-state index in [-0.39, 0.29) is 56.9 Å². The monoisotopic (exact) mass is 1170 g/mol. The first kappa shape index (κ1) is 58.2. The summed E-state index contributed by atoms with van der Waals surface area (Å²) in [5.41, 5.74) is 12.0. The Morgan fingerprint density at radius 3 is 2.34 bits per heavy atom. The van der Waals surface area contributed by atoms with E-state index in [1.54, 1.807) is 29.5 Å². The molecule has 1 spiro atoms. The summed E-state index contributed by atoms with van der Waals surface area (Å²) in [5, 5.41) is 26.3. The van der Waals surface area contributed by atoms with Gasteiger partial charge in [-0.15, -0.1) is 10.2 Å². The van der Waals surface area contributed by atoms with E-state index in [0.717, 1.165) is 115 Å². The number of amides is 4. The standard InChI is InChI=1S/C65H79N11O8S/c1-40-43-18-17-28-75(55(43)73-72-54(40)71-60-68-48-19-13-14-20-50(48)85-60)51-25-23-44(53(69-51)59(81)82)47(33-66)41(2)67-39-63-34-61(3)36-64(37-62(4,35-63)65(61,64)38-63)84-31-29-74(5)27-15-11-9-7-6-8-10-12-16-30-83-42-21-22-45-46(32-42)58(80)76(57(45)79)49-24-26-52(77)70-56(49)78/h13-14,19-23,25,32-33,49H,6-12,15-18,24,26-31,34-39,66H2,1-5H3,(H,81,82)(H,68,71,72)(H,70,77,78)/b47-33+,67-41?. The maximum absolute atomic E-state index is 13.1. The number of hydrogen-bond acceptors (Lipinski definition) is 17. The number of carboxylic acid groups (broad SMARTS) is 1. The number of allylic oxidation sites excluding steroid dienone is 1. The van der Waals surface area contributed by atoms with E-state index >= 15 is 0 Å². The number of pyridine rings is 1. The lowest BCUT2D eigenvalue weighted by Crippen LogP contribution is -2.82. The van der Waals surface area contributed by atoms with Crippen molar-refractivity contribution in [3.05, 3.63) is 94.3 Å². The van der Waals surface area contributed by atoms with E-state index in [4.69, 9.17) is 30.2 Å². The zero-order valence-corrected chi connectivity index (χ0v) is 50.5. The number of carbonyl (C=O) groups excluding carboxylic acids is 4. The summed E-state index contributed by atoms with van der Waals surface area (Å²) in [4.78, 5) is 83.3. The second kappa shape index (κ2) is 22.9. The van der Waals surface area contributed by atoms with Gasteiger partial charge in [0.15, 0.2) is 22.5 Å². The van der Waals surface area contributed by atoms with Gasteiger partial charge in [-0.3, -0.25) is 34.4 Å². The molecule has 3 unspecified atom stereocenters. The first-order chi connectivity index (χ1) is 40.9. The molecule has 0 radical (unpaired) electrons. The SMILES string of the molecule is CC(=NCC12CC3(C)CC4(OCCN(C)CCCCCCCCCCCOc5ccc6c(c5)C(=O)N(C5CCC(=O)NC5=O)C6=O)CC(C)(C1)C34C2)/C(=C\N)c1ccc(N2CCCc3c2nnc(Nc2nc4ccccc4s2)c3C)nc1C(=O)O. The Labute approximate surface area is 500 Å². The first-order valence-corrected chi connectivity index (χ1v) is 31.5. The van der Waals surface area contributed by atoms with Crippen molar-refractivity contribution in [1.29, 1.82) is 0 Å². The Bertz CT molecular complexity index is 3510. The van der Waals surface area contributed by atoms with Crippen LogP contribution in [-0.4, -0.2) is 128 Å². The minimum absolute atomic E-state index is 0.0497. The van der Waals surface area contributed by atoms with E-state index in [9.17, 15) is 29.1 Å². The molecule has 1 saturated heterocycles. The number of aromatic carboxylic acids is 1. The van der Waals surface area contributed by atoms with Gasteiger partial charge in [-0.2, -0.15) is 0 Å². The number of nitrogens with one attached hydrogen (secondary N) is 2. The third-order valence-corrected chi connectivity index (χ3v) is 21.3. The number of benzene rings is 2. The largest absolute Gasteiger partial charge is 0.494 e. The molecule has 20 heteroatoms. The van der Waals surface area contributed by atoms with Gasteiger partial charge in [0.25, 0.3) is 11.8 Å². The van der Waals surface area contributed by atoms with Crippen LogP contribution >= 0.6 is 11.3 Å². The predicted octanol–water partition coefficient (Wildman–Crippen LogP) is 10.7. The lowest BCUT2D eigenvalue weighted by molar-refractivity contribution is -0.397. The zero-order chi connectivity index (χ0) is 59.5. The summed E-state index contributed by atoms with van der Waals surface area (Å²) in [6, 6.07) is 15.5. The number of carbonyl (C=O) groups is 5. The van der Waals surface area contributed by atoms with Gasteiger partial charge in [0.05, 0.1) is 40.2 Å². The van der Waals surface area contributed by atoms with Crippen LogP contribution in [0.3, 0.4) is 0 Å². The molecular weight excluding hydrogens is 1090 g/mol. The van der Waals surface area contributed by atoms with E-state index in [1.165, 1.54) is 44.7 Å². The van der Waals surface area contributed by atoms with Crippen molar-refractivity contribution in [3.63, 3.8) is 0 Å². The molecule has 3 aliphatic heterocycles. The van der Waals surface area contributed by atoms with Crippen LogP contribution in [0.15, 0.2) is 65.8 Å². The van der Waals surface area contributed by atoms with Crippen LogP contribution in [0.5, 0.6) is 5.75 Å². The Morgan fingerprint density at radius 2 is 1.61 bits per heavy atom. The molecule has 6 heterocycles. The second-order valence-corrected chi connectivity index (χ2v) is 27.0. The molecule has 4 saturated carbocycles. The lowest BCUT2D eigenvalue weighted by Gasteiger charge is -2.82. The summed E-state index contributed by atoms with van der Waals surface area (Å²) in [6.07, 6.45) is 19.2. The number of unbranched alkanes of at least 4 members (excludes halogenated alkanes) is 8. The fraction of sp³-hybridized carbons (Fsp3) is 0.538. The van der Waals surface area contributed by atoms with Crippen LogP contribution in [0.25, 0.3) is 15.8 Å². The van der Waals surface area contributed by atoms with E-state index in [0.29, 0.717) is 59.7 Å². The van der Waals surface area contributed by atoms with E-state index in [2.05, 4.69) is 46.6 Å². The summed E-state index contributed by atoms with van der Waals surface area (Å²) in [7, 11) is 2.22. The van der Waals surface area contributed by atoms with Gasteiger partial charge in [-0.25, -0.2) is 14.8 Å². The highest BCUT2D eigenvalue weighted by Crippen LogP contribution is 2.95. The van der Waals surface area contributed by atoms with Crippen LogP contribution in [0.4, 0.5) is 22.6 Å². The number of piperidine rings is 1. The van der Waals surface area contributed by atoms with E-state index in [1.807, 2.05) is 55.1 Å². The Morgan fingerprint density at radius 1 is 0.882 bits per heavy atom. The fourth-order valence-corrected chi connectivity index (χ4v) is 17.9. The van der Waals surface area contributed by atoms with Crippen LogP contribution < -0.4 is 26.0 Å². The maximum atomic E-state index is 13.1. The first-order valence-electron chi connectivity index (χ1n) is 30.7. The highest BCUT2D eigenvalue weighted by Gasteiger charge is 2.93. The molecule has 448 valence electrons. The van der Waals surface area contributed by atoms with Gasteiger partial charge in [0.1, 0.15) is 17.6 Å². The molecule has 3 atom stereocenters. The third-order valence-electron chi connectivity index (χ3n) is 20.3. The van der Waals surface area contributed by atoms with Crippen molar-refractivity contribution in [2.24, 2.45) is 32.4 Å². The van der Waals surface area contributed by atoms with Crippen molar-refractivity contribution >= 4 is 85.0 Å². The van der Waals surface area contributed by atoms with Crippen molar-refractivity contribution in [3.8, 4) is 5.75 Å². The molecule has 5 aromatic rings. The van der Waals surface area contributed by atoms with Crippen LogP contribution in [0.1, 0.15) is 178 Å². The minimum Gasteiger partial charge on any atom is -0.494 e. The molecule has 85 heavy (non-hydrogen) atoms. The smallest absolute Gasteiger partial charge is 0.355 e. The number of nitrogens with zero attached hydrogens (tertiary/aromatic N) is 8. The highest BCUT2D eigenvalue weighted by atomic mass is 32.1. The van der Waals surface area contributed by atoms with Crippen LogP contribution in [-0.2, 0) is 20.7 Å². The highest BCUT2D eigenvalue weighted by molar-refractivity contribution is 7.22. The third kappa shape index (κ3) is 10.3. The van der Waals surface area contributed by atoms with Gasteiger partial charge in [-0.05, 0) is 150 Å². The number of anilines is 4. The van der Waals surface area contributed by atoms with Crippen molar-refractivity contribution < 1.29 is 38.6 Å². The Hall–Kier alpha value is -7.16. The molecular formula is C65H79N11O8S. The lowest BCUT2D eigenvalue weighted by atomic mass is 9.25. The predicted molar refractivity (Wildman–Crippen MR) is 327 cm³/mol. The van der Waals surface area contributed by atoms with Crippen molar-refractivity contribution in [1.82, 2.24) is 35.3 Å². The maximum Gasteiger partial charge on any atom is 0.355 e. The number of carboxylic acids is 1. The molecule has 3 aromatic heterocycles. The molecule has 4 amide bonds. The van der Waals surface area contributed by atoms with Gasteiger partial charge in [0.2, 0.25) is 11.8 Å². The number of aromatic nitrogens is 4.